The summed E-state index contributed by atoms with van der Waals surface area (Å²) in [6, 6.07) is 13.1. The van der Waals surface area contributed by atoms with E-state index in [2.05, 4.69) is 0 Å². The number of hydrogen-bond acceptors (Lipinski definition) is 0. The van der Waals surface area contributed by atoms with Crippen LogP contribution in [-0.4, -0.2) is 0 Å². The molecule has 2 heteroatoms. The van der Waals surface area contributed by atoms with E-state index in [0.717, 1.165) is 5.56 Å². The first-order valence-electron chi connectivity index (χ1n) is 5.23. The van der Waals surface area contributed by atoms with E-state index in [1.807, 2.05) is 12.1 Å². The standard InChI is InChI=1S/C14H12F2/c15-13-6-3-4-11(10-13)8-9-12-5-1-2-7-14(12)16/h1-7,10H,8-9H2. The average Bonchev–Trinajstić information content (AvgIpc) is 2.28. The third-order valence-corrected chi connectivity index (χ3v) is 2.53. The lowest BCUT2D eigenvalue weighted by molar-refractivity contribution is 0.607. The van der Waals surface area contributed by atoms with Crippen molar-refractivity contribution in [1.82, 2.24) is 0 Å². The number of hydrogen-bond donors (Lipinski definition) is 0. The predicted molar refractivity (Wildman–Crippen MR) is 60.2 cm³/mol. The second-order valence-electron chi connectivity index (χ2n) is 3.72. The Morgan fingerprint density at radius 1 is 0.812 bits per heavy atom. The van der Waals surface area contributed by atoms with E-state index in [-0.39, 0.29) is 11.6 Å². The maximum atomic E-state index is 13.3. The molecule has 2 rings (SSSR count). The van der Waals surface area contributed by atoms with Gasteiger partial charge in [0.25, 0.3) is 0 Å². The highest BCUT2D eigenvalue weighted by Crippen LogP contribution is 2.11. The molecule has 0 aliphatic rings. The Bertz CT molecular complexity index is 478. The molecular weight excluding hydrogens is 206 g/mol. The summed E-state index contributed by atoms with van der Waals surface area (Å²) >= 11 is 0. The van der Waals surface area contributed by atoms with Gasteiger partial charge in [0, 0.05) is 0 Å². The van der Waals surface area contributed by atoms with Crippen LogP contribution in [0.25, 0.3) is 0 Å². The molecule has 0 aliphatic carbocycles. The van der Waals surface area contributed by atoms with Crippen molar-refractivity contribution in [3.63, 3.8) is 0 Å². The summed E-state index contributed by atoms with van der Waals surface area (Å²) < 4.78 is 26.2. The molecule has 0 radical (unpaired) electrons. The van der Waals surface area contributed by atoms with Gasteiger partial charge in [-0.05, 0) is 42.2 Å². The molecule has 0 unspecified atom stereocenters. The molecule has 0 saturated heterocycles. The zero-order valence-corrected chi connectivity index (χ0v) is 8.79. The largest absolute Gasteiger partial charge is 0.207 e. The molecule has 0 bridgehead atoms. The van der Waals surface area contributed by atoms with Gasteiger partial charge in [-0.25, -0.2) is 8.78 Å². The van der Waals surface area contributed by atoms with Crippen LogP contribution in [-0.2, 0) is 12.8 Å². The van der Waals surface area contributed by atoms with E-state index in [9.17, 15) is 8.78 Å². The van der Waals surface area contributed by atoms with E-state index in [0.29, 0.717) is 18.4 Å². The van der Waals surface area contributed by atoms with Gasteiger partial charge in [0.05, 0.1) is 0 Å². The smallest absolute Gasteiger partial charge is 0.126 e. The minimum absolute atomic E-state index is 0.195. The zero-order chi connectivity index (χ0) is 11.4. The van der Waals surface area contributed by atoms with Crippen molar-refractivity contribution in [1.29, 1.82) is 0 Å². The first-order valence-corrected chi connectivity index (χ1v) is 5.23. The lowest BCUT2D eigenvalue weighted by atomic mass is 10.0. The molecule has 0 aliphatic heterocycles. The molecule has 0 fully saturated rings. The second kappa shape index (κ2) is 4.88. The Hall–Kier alpha value is -1.70. The molecule has 0 aromatic heterocycles. The summed E-state index contributed by atoms with van der Waals surface area (Å²) in [5.41, 5.74) is 1.56. The Morgan fingerprint density at radius 3 is 2.38 bits per heavy atom. The van der Waals surface area contributed by atoms with Crippen LogP contribution >= 0.6 is 0 Å². The maximum absolute atomic E-state index is 13.3. The molecule has 0 spiro atoms. The Morgan fingerprint density at radius 2 is 1.62 bits per heavy atom. The van der Waals surface area contributed by atoms with Gasteiger partial charge in [0.1, 0.15) is 11.6 Å². The fourth-order valence-corrected chi connectivity index (χ4v) is 1.67. The quantitative estimate of drug-likeness (QED) is 0.736. The average molecular weight is 218 g/mol. The Kier molecular flexibility index (Phi) is 3.30. The van der Waals surface area contributed by atoms with Gasteiger partial charge in [-0.15, -0.1) is 0 Å². The van der Waals surface area contributed by atoms with E-state index in [1.54, 1.807) is 18.2 Å². The predicted octanol–water partition coefficient (Wildman–Crippen LogP) is 3.75. The van der Waals surface area contributed by atoms with Crippen LogP contribution < -0.4 is 0 Å². The molecule has 82 valence electrons. The Balaban J connectivity index is 2.05. The van der Waals surface area contributed by atoms with E-state index in [4.69, 9.17) is 0 Å². The summed E-state index contributed by atoms with van der Waals surface area (Å²) in [6.07, 6.45) is 1.24. The van der Waals surface area contributed by atoms with Crippen molar-refractivity contribution >= 4 is 0 Å². The number of benzene rings is 2. The van der Waals surface area contributed by atoms with Crippen LogP contribution in [0.3, 0.4) is 0 Å². The summed E-state index contributed by atoms with van der Waals surface area (Å²) in [4.78, 5) is 0. The van der Waals surface area contributed by atoms with Crippen molar-refractivity contribution in [2.45, 2.75) is 12.8 Å². The molecular formula is C14H12F2. The fourth-order valence-electron chi connectivity index (χ4n) is 1.67. The van der Waals surface area contributed by atoms with Crippen molar-refractivity contribution in [3.8, 4) is 0 Å². The third kappa shape index (κ3) is 2.66. The van der Waals surface area contributed by atoms with Gasteiger partial charge in [-0.2, -0.15) is 0 Å². The van der Waals surface area contributed by atoms with Crippen molar-refractivity contribution in [3.05, 3.63) is 71.3 Å². The van der Waals surface area contributed by atoms with E-state index < -0.39 is 0 Å². The lowest BCUT2D eigenvalue weighted by Crippen LogP contribution is -1.94. The van der Waals surface area contributed by atoms with Crippen LogP contribution in [0, 0.1) is 11.6 Å². The van der Waals surface area contributed by atoms with Gasteiger partial charge in [0.15, 0.2) is 0 Å². The van der Waals surface area contributed by atoms with Crippen LogP contribution in [0.5, 0.6) is 0 Å². The topological polar surface area (TPSA) is 0 Å². The minimum atomic E-state index is -0.244. The highest BCUT2D eigenvalue weighted by Gasteiger charge is 2.01. The van der Waals surface area contributed by atoms with Gasteiger partial charge in [-0.3, -0.25) is 0 Å². The molecule has 0 amide bonds. The van der Waals surface area contributed by atoms with Crippen molar-refractivity contribution in [2.24, 2.45) is 0 Å². The lowest BCUT2D eigenvalue weighted by Gasteiger charge is -2.03. The molecule has 2 aromatic rings. The molecule has 0 atom stereocenters. The fraction of sp³-hybridized carbons (Fsp3) is 0.143. The summed E-state index contributed by atoms with van der Waals surface area (Å²) in [5, 5.41) is 0. The second-order valence-corrected chi connectivity index (χ2v) is 3.72. The highest BCUT2D eigenvalue weighted by molar-refractivity contribution is 5.21. The normalized spacial score (nSPS) is 10.4. The minimum Gasteiger partial charge on any atom is -0.207 e. The molecule has 0 N–H and O–H groups in total. The highest BCUT2D eigenvalue weighted by atomic mass is 19.1. The van der Waals surface area contributed by atoms with Crippen LogP contribution in [0.4, 0.5) is 8.78 Å². The van der Waals surface area contributed by atoms with Gasteiger partial charge < -0.3 is 0 Å². The summed E-state index contributed by atoms with van der Waals surface area (Å²) in [5.74, 6) is -0.440. The van der Waals surface area contributed by atoms with Gasteiger partial charge >= 0.3 is 0 Å². The zero-order valence-electron chi connectivity index (χ0n) is 8.79. The number of halogens is 2. The molecule has 0 saturated carbocycles. The maximum Gasteiger partial charge on any atom is 0.126 e. The van der Waals surface area contributed by atoms with Gasteiger partial charge in [-0.1, -0.05) is 30.3 Å². The monoisotopic (exact) mass is 218 g/mol. The van der Waals surface area contributed by atoms with E-state index in [1.165, 1.54) is 18.2 Å². The van der Waals surface area contributed by atoms with Gasteiger partial charge in [0.2, 0.25) is 0 Å². The molecule has 2 aromatic carbocycles. The van der Waals surface area contributed by atoms with E-state index >= 15 is 0 Å². The number of aryl methyl sites for hydroxylation is 2. The third-order valence-electron chi connectivity index (χ3n) is 2.53. The van der Waals surface area contributed by atoms with Crippen molar-refractivity contribution in [2.75, 3.05) is 0 Å². The summed E-state index contributed by atoms with van der Waals surface area (Å²) in [6.45, 7) is 0. The van der Waals surface area contributed by atoms with Crippen molar-refractivity contribution < 1.29 is 8.78 Å². The van der Waals surface area contributed by atoms with Crippen LogP contribution in [0.15, 0.2) is 48.5 Å². The van der Waals surface area contributed by atoms with Crippen LogP contribution in [0.1, 0.15) is 11.1 Å². The molecule has 0 heterocycles. The molecule has 0 nitrogen and oxygen atoms in total. The first-order chi connectivity index (χ1) is 7.75. The molecule has 16 heavy (non-hydrogen) atoms. The van der Waals surface area contributed by atoms with Crippen LogP contribution in [0.2, 0.25) is 0 Å². The number of rotatable bonds is 3. The summed E-state index contributed by atoms with van der Waals surface area (Å²) in [7, 11) is 0. The Labute approximate surface area is 93.5 Å². The SMILES string of the molecule is Fc1cccc(CCc2ccccc2F)c1. The first kappa shape index (κ1) is 10.8.